The van der Waals surface area contributed by atoms with Gasteiger partial charge in [-0.3, -0.25) is 0 Å². The highest BCUT2D eigenvalue weighted by Crippen LogP contribution is 2.55. The monoisotopic (exact) mass is 320 g/mol. The molecule has 2 bridgehead atoms. The molecule has 3 aromatic carbocycles. The molecule has 2 heterocycles. The average molecular weight is 320 g/mol. The van der Waals surface area contributed by atoms with Crippen molar-refractivity contribution in [3.8, 4) is 17.2 Å². The van der Waals surface area contributed by atoms with Gasteiger partial charge in [0.2, 0.25) is 6.29 Å². The van der Waals surface area contributed by atoms with E-state index >= 15 is 0 Å². The molecule has 0 saturated carbocycles. The van der Waals surface area contributed by atoms with Crippen LogP contribution in [0.4, 0.5) is 0 Å². The molecule has 0 amide bonds. The molecule has 2 aliphatic heterocycles. The lowest BCUT2D eigenvalue weighted by Crippen LogP contribution is -2.15. The van der Waals surface area contributed by atoms with Crippen molar-refractivity contribution >= 4 is 10.8 Å². The first-order valence-corrected chi connectivity index (χ1v) is 7.92. The van der Waals surface area contributed by atoms with E-state index in [1.807, 2.05) is 37.3 Å². The van der Waals surface area contributed by atoms with Crippen molar-refractivity contribution in [1.82, 2.24) is 0 Å². The van der Waals surface area contributed by atoms with Gasteiger partial charge in [-0.1, -0.05) is 24.3 Å². The smallest absolute Gasteiger partial charge is 0.231 e. The van der Waals surface area contributed by atoms with Crippen LogP contribution in [-0.4, -0.2) is 12.2 Å². The second kappa shape index (κ2) is 4.65. The van der Waals surface area contributed by atoms with Gasteiger partial charge in [-0.2, -0.15) is 0 Å². The predicted molar refractivity (Wildman–Crippen MR) is 89.6 cm³/mol. The average Bonchev–Trinajstić information content (AvgIpc) is 2.88. The van der Waals surface area contributed by atoms with Gasteiger partial charge in [-0.15, -0.1) is 0 Å². The maximum atomic E-state index is 10.5. The zero-order valence-electron chi connectivity index (χ0n) is 13.4. The molecule has 0 unspecified atom stereocenters. The number of hydrogen-bond acceptors (Lipinski definition) is 4. The number of phenols is 1. The number of methoxy groups -OCH3 is 1. The van der Waals surface area contributed by atoms with Gasteiger partial charge in [0.25, 0.3) is 0 Å². The number of aryl methyl sites for hydroxylation is 1. The van der Waals surface area contributed by atoms with Gasteiger partial charge in [0.15, 0.2) is 0 Å². The summed E-state index contributed by atoms with van der Waals surface area (Å²) in [4.78, 5) is 0. The number of benzene rings is 3. The van der Waals surface area contributed by atoms with Crippen LogP contribution in [0.5, 0.6) is 17.2 Å². The van der Waals surface area contributed by atoms with E-state index in [-0.39, 0.29) is 11.9 Å². The van der Waals surface area contributed by atoms with Crippen LogP contribution in [0.2, 0.25) is 0 Å². The van der Waals surface area contributed by atoms with Crippen molar-refractivity contribution < 1.29 is 19.3 Å². The first-order valence-electron chi connectivity index (χ1n) is 7.92. The Morgan fingerprint density at radius 3 is 2.79 bits per heavy atom. The summed E-state index contributed by atoms with van der Waals surface area (Å²) in [5.41, 5.74) is 3.86. The molecule has 0 aliphatic carbocycles. The third-order valence-corrected chi connectivity index (χ3v) is 4.84. The van der Waals surface area contributed by atoms with Gasteiger partial charge in [0.1, 0.15) is 23.4 Å². The summed E-state index contributed by atoms with van der Waals surface area (Å²) in [6.45, 7) is 1.97. The zero-order chi connectivity index (χ0) is 16.4. The van der Waals surface area contributed by atoms with E-state index in [1.165, 1.54) is 0 Å². The molecule has 4 nitrogen and oxygen atoms in total. The molecular weight excluding hydrogens is 304 g/mol. The van der Waals surface area contributed by atoms with Crippen LogP contribution in [0.1, 0.15) is 34.6 Å². The van der Waals surface area contributed by atoms with Crippen molar-refractivity contribution in [1.29, 1.82) is 0 Å². The maximum Gasteiger partial charge on any atom is 0.231 e. The van der Waals surface area contributed by atoms with Crippen LogP contribution in [0.3, 0.4) is 0 Å². The van der Waals surface area contributed by atoms with Gasteiger partial charge < -0.3 is 19.3 Å². The maximum absolute atomic E-state index is 10.5. The van der Waals surface area contributed by atoms with Gasteiger partial charge in [-0.25, -0.2) is 0 Å². The Kier molecular flexibility index (Phi) is 2.65. The van der Waals surface area contributed by atoms with E-state index in [2.05, 4.69) is 6.07 Å². The Morgan fingerprint density at radius 1 is 1.08 bits per heavy atom. The molecule has 3 aromatic rings. The normalized spacial score (nSPS) is 20.4. The van der Waals surface area contributed by atoms with Crippen molar-refractivity contribution in [2.24, 2.45) is 0 Å². The van der Waals surface area contributed by atoms with Crippen LogP contribution in [-0.2, 0) is 4.74 Å². The Labute approximate surface area is 139 Å². The number of hydrogen-bond donors (Lipinski definition) is 1. The van der Waals surface area contributed by atoms with E-state index in [0.717, 1.165) is 44.5 Å². The number of rotatable bonds is 1. The molecule has 0 aromatic heterocycles. The Morgan fingerprint density at radius 2 is 1.96 bits per heavy atom. The van der Waals surface area contributed by atoms with Crippen LogP contribution >= 0.6 is 0 Å². The molecule has 0 saturated heterocycles. The molecule has 24 heavy (non-hydrogen) atoms. The summed E-state index contributed by atoms with van der Waals surface area (Å²) in [5.74, 6) is 1.77. The van der Waals surface area contributed by atoms with Gasteiger partial charge in [0.05, 0.1) is 12.7 Å². The molecule has 0 fully saturated rings. The molecule has 4 heteroatoms. The van der Waals surface area contributed by atoms with Crippen molar-refractivity contribution in [2.45, 2.75) is 19.3 Å². The topological polar surface area (TPSA) is 47.9 Å². The summed E-state index contributed by atoms with van der Waals surface area (Å²) in [6, 6.07) is 13.7. The summed E-state index contributed by atoms with van der Waals surface area (Å²) < 4.78 is 17.7. The highest BCUT2D eigenvalue weighted by atomic mass is 16.7. The minimum Gasteiger partial charge on any atom is -0.507 e. The number of phenolic OH excluding ortho intramolecular Hbond substituents is 1. The standard InChI is InChI=1S/C20H16O4/c1-10-8-11-6-7-15-18(16(11)13(21)9-10)19-12-4-3-5-14(22-2)17(12)20(23-15)24-19/h3-9,19-21H,1-2H3/t19-,20+/m1/s1. The van der Waals surface area contributed by atoms with Crippen molar-refractivity contribution in [3.05, 3.63) is 64.7 Å². The van der Waals surface area contributed by atoms with Crippen LogP contribution in [0, 0.1) is 6.92 Å². The lowest BCUT2D eigenvalue weighted by molar-refractivity contribution is -0.109. The van der Waals surface area contributed by atoms with Gasteiger partial charge in [0, 0.05) is 10.9 Å². The lowest BCUT2D eigenvalue weighted by Gasteiger charge is -2.27. The van der Waals surface area contributed by atoms with Crippen LogP contribution in [0.25, 0.3) is 10.8 Å². The predicted octanol–water partition coefficient (Wildman–Crippen LogP) is 4.37. The third-order valence-electron chi connectivity index (χ3n) is 4.84. The van der Waals surface area contributed by atoms with Gasteiger partial charge in [-0.05, 0) is 41.6 Å². The van der Waals surface area contributed by atoms with Gasteiger partial charge >= 0.3 is 0 Å². The van der Waals surface area contributed by atoms with Crippen LogP contribution in [0.15, 0.2) is 42.5 Å². The highest BCUT2D eigenvalue weighted by molar-refractivity contribution is 5.94. The lowest BCUT2D eigenvalue weighted by atomic mass is 9.93. The first-order chi connectivity index (χ1) is 11.7. The Bertz CT molecular complexity index is 993. The van der Waals surface area contributed by atoms with Crippen LogP contribution < -0.4 is 9.47 Å². The Balaban J connectivity index is 1.83. The summed E-state index contributed by atoms with van der Waals surface area (Å²) in [5, 5.41) is 12.3. The van der Waals surface area contributed by atoms with E-state index in [0.29, 0.717) is 0 Å². The minimum atomic E-state index is -0.473. The zero-order valence-corrected chi connectivity index (χ0v) is 13.4. The molecule has 2 atom stereocenters. The molecule has 0 spiro atoms. The fraction of sp³-hybridized carbons (Fsp3) is 0.200. The molecule has 0 radical (unpaired) electrons. The van der Waals surface area contributed by atoms with E-state index in [4.69, 9.17) is 14.2 Å². The molecule has 120 valence electrons. The number of fused-ring (bicyclic) bond motifs is 9. The third kappa shape index (κ3) is 1.66. The number of aromatic hydroxyl groups is 1. The van der Waals surface area contributed by atoms with Crippen molar-refractivity contribution in [3.63, 3.8) is 0 Å². The first kappa shape index (κ1) is 13.7. The summed E-state index contributed by atoms with van der Waals surface area (Å²) in [7, 11) is 1.65. The quantitative estimate of drug-likeness (QED) is 0.723. The SMILES string of the molecule is COc1cccc2c1[C@H]1Oc3ccc4cc(C)cc(O)c4c3[C@@H]2O1. The minimum absolute atomic E-state index is 0.254. The molecular formula is C20H16O4. The summed E-state index contributed by atoms with van der Waals surface area (Å²) in [6.07, 6.45) is -0.736. The van der Waals surface area contributed by atoms with E-state index in [1.54, 1.807) is 13.2 Å². The largest absolute Gasteiger partial charge is 0.507 e. The molecule has 2 aliphatic rings. The van der Waals surface area contributed by atoms with E-state index < -0.39 is 6.29 Å². The molecule has 1 N–H and O–H groups in total. The fourth-order valence-corrected chi connectivity index (χ4v) is 3.87. The van der Waals surface area contributed by atoms with Crippen molar-refractivity contribution in [2.75, 3.05) is 7.11 Å². The second-order valence-corrected chi connectivity index (χ2v) is 6.29. The fourth-order valence-electron chi connectivity index (χ4n) is 3.87. The van der Waals surface area contributed by atoms with E-state index in [9.17, 15) is 5.11 Å². The number of ether oxygens (including phenoxy) is 3. The summed E-state index contributed by atoms with van der Waals surface area (Å²) >= 11 is 0. The highest BCUT2D eigenvalue weighted by Gasteiger charge is 2.43. The second-order valence-electron chi connectivity index (χ2n) is 6.29. The molecule has 5 rings (SSSR count). The Hall–Kier alpha value is -2.72.